The van der Waals surface area contributed by atoms with Crippen LogP contribution in [-0.4, -0.2) is 243 Å². The number of carbonyl (C=O) groups is 15. The molecular formula is C76H104N18O19S2. The number of nitrogens with one attached hydrogen (secondary N) is 14. The summed E-state index contributed by atoms with van der Waals surface area (Å²) < 4.78 is 0. The standard InChI is InChI=1S/C76H104N18O19S2/c1-41(79)64(100)82-37-61(99)83-58-39-114-115-40-59(76(112)113)92-72(108)57(38-95)91-75(111)63(43(3)97)94-71(107)54(33-46-23-11-6-12-24-46)90-74(110)62(42(2)96)93-66(102)51(28-16-18-30-78)84-69(105)55(34-47-36-81-49-26-14-13-25-48(47)49)88-68(104)53(32-45-21-9-5-10-22-45)86-67(103)52(31-44-19-7-4-8-20-44)87-70(106)56(35-60(80)98)89-65(101)50(85-73(58)109)27-15-17-29-77/h4-14,19-26,36,41-43,50-59,62-63,81,95-97H,15-18,27-35,37-40,77-79H2,1-3H3,(H2,80,98)(H,82,100)(H,83,99)(H,84,105)(H,85,109)(H,86,103)(H,87,106)(H,88,104)(H,89,101)(H,90,110)(H,91,111)(H,92,108)(H,93,102)(H,94,107)(H,112,113)/t41-,42+,43+,50-,51-,52-,53-,54-,55-,56-,57+,58-,59-,62?,63?/m0/s1. The molecule has 624 valence electrons. The molecule has 26 N–H and O–H groups in total. The molecule has 0 bridgehead atoms. The number of aliphatic carboxylic acids is 1. The van der Waals surface area contributed by atoms with E-state index in [1.165, 1.54) is 6.92 Å². The third-order valence-electron chi connectivity index (χ3n) is 18.3. The Morgan fingerprint density at radius 2 is 0.852 bits per heavy atom. The molecule has 6 rings (SSSR count). The smallest absolute Gasteiger partial charge is 0.327 e. The number of unbranched alkanes of at least 4 members (excludes halogenated alkanes) is 2. The minimum atomic E-state index is -1.99. The number of rotatable bonds is 26. The lowest BCUT2D eigenvalue weighted by Crippen LogP contribution is -2.63. The third-order valence-corrected chi connectivity index (χ3v) is 20.7. The number of benzene rings is 4. The van der Waals surface area contributed by atoms with Crippen LogP contribution in [-0.2, 0) is 97.6 Å². The highest BCUT2D eigenvalue weighted by Gasteiger charge is 2.40. The summed E-state index contributed by atoms with van der Waals surface area (Å²) in [4.78, 5) is 217. The van der Waals surface area contributed by atoms with Gasteiger partial charge in [0, 0.05) is 54.3 Å². The highest BCUT2D eigenvalue weighted by molar-refractivity contribution is 8.76. The van der Waals surface area contributed by atoms with Crippen molar-refractivity contribution in [2.45, 2.75) is 182 Å². The Labute approximate surface area is 670 Å². The maximum atomic E-state index is 15.4. The van der Waals surface area contributed by atoms with Gasteiger partial charge in [0.25, 0.3) is 0 Å². The van der Waals surface area contributed by atoms with E-state index in [2.05, 4.69) is 74.1 Å². The number of hydrogen-bond acceptors (Lipinski definition) is 23. The quantitative estimate of drug-likeness (QED) is 0.0182. The number of para-hydroxylation sites is 1. The molecule has 15 atom stereocenters. The molecule has 39 heteroatoms. The van der Waals surface area contributed by atoms with Gasteiger partial charge in [0.05, 0.1) is 37.8 Å². The summed E-state index contributed by atoms with van der Waals surface area (Å²) in [5.41, 5.74) is 25.6. The van der Waals surface area contributed by atoms with Crippen LogP contribution < -0.4 is 92.1 Å². The molecule has 1 saturated heterocycles. The molecule has 14 amide bonds. The molecule has 1 fully saturated rings. The van der Waals surface area contributed by atoms with Gasteiger partial charge in [0.1, 0.15) is 72.5 Å². The summed E-state index contributed by atoms with van der Waals surface area (Å²) in [5, 5.41) is 76.1. The highest BCUT2D eigenvalue weighted by atomic mass is 33.1. The zero-order chi connectivity index (χ0) is 84.3. The number of amides is 14. The van der Waals surface area contributed by atoms with Crippen molar-refractivity contribution in [3.05, 3.63) is 144 Å². The molecule has 115 heavy (non-hydrogen) atoms. The molecule has 37 nitrogen and oxygen atoms in total. The highest BCUT2D eigenvalue weighted by Crippen LogP contribution is 2.25. The van der Waals surface area contributed by atoms with Crippen molar-refractivity contribution in [3.63, 3.8) is 0 Å². The van der Waals surface area contributed by atoms with Crippen molar-refractivity contribution in [1.29, 1.82) is 0 Å². The number of primary amides is 1. The Morgan fingerprint density at radius 1 is 0.470 bits per heavy atom. The fraction of sp³-hybridized carbons (Fsp3) is 0.461. The predicted molar refractivity (Wildman–Crippen MR) is 425 cm³/mol. The number of aliphatic hydroxyl groups is 3. The van der Waals surface area contributed by atoms with E-state index >= 15 is 14.4 Å². The van der Waals surface area contributed by atoms with E-state index in [1.54, 1.807) is 121 Å². The summed E-state index contributed by atoms with van der Waals surface area (Å²) in [6.07, 6.45) is -3.48. The summed E-state index contributed by atoms with van der Waals surface area (Å²) in [6.45, 7) is 1.88. The van der Waals surface area contributed by atoms with E-state index in [9.17, 15) is 78.0 Å². The van der Waals surface area contributed by atoms with Crippen molar-refractivity contribution in [3.8, 4) is 0 Å². The minimum Gasteiger partial charge on any atom is -0.480 e. The molecule has 0 aliphatic carbocycles. The number of aromatic nitrogens is 1. The number of nitrogens with two attached hydrogens (primary N) is 4. The Balaban J connectivity index is 1.47. The number of H-pyrrole nitrogens is 1. The van der Waals surface area contributed by atoms with Gasteiger partial charge < -0.3 is 117 Å². The van der Waals surface area contributed by atoms with Gasteiger partial charge in [0.2, 0.25) is 82.7 Å². The van der Waals surface area contributed by atoms with Crippen LogP contribution in [0.5, 0.6) is 0 Å². The largest absolute Gasteiger partial charge is 0.480 e. The maximum absolute atomic E-state index is 15.4. The van der Waals surface area contributed by atoms with Gasteiger partial charge in [-0.3, -0.25) is 67.1 Å². The molecular weight excluding hydrogens is 1530 g/mol. The van der Waals surface area contributed by atoms with Crippen molar-refractivity contribution >= 4 is 121 Å². The topological polar surface area (TPSA) is 613 Å². The van der Waals surface area contributed by atoms with Crippen LogP contribution in [0.1, 0.15) is 88.0 Å². The van der Waals surface area contributed by atoms with Crippen LogP contribution >= 0.6 is 21.6 Å². The molecule has 0 saturated carbocycles. The number of hydrogen-bond donors (Lipinski definition) is 22. The fourth-order valence-corrected chi connectivity index (χ4v) is 14.3. The first-order valence-electron chi connectivity index (χ1n) is 37.4. The second-order valence-electron chi connectivity index (χ2n) is 27.6. The zero-order valence-corrected chi connectivity index (χ0v) is 65.4. The van der Waals surface area contributed by atoms with Crippen molar-refractivity contribution in [2.24, 2.45) is 22.9 Å². The Bertz CT molecular complexity index is 4130. The van der Waals surface area contributed by atoms with E-state index < -0.39 is 210 Å². The molecule has 1 aromatic heterocycles. The summed E-state index contributed by atoms with van der Waals surface area (Å²) in [6, 6.07) is 9.57. The lowest BCUT2D eigenvalue weighted by Gasteiger charge is -2.29. The van der Waals surface area contributed by atoms with Crippen molar-refractivity contribution in [1.82, 2.24) is 74.1 Å². The number of carbonyl (C=O) groups excluding carboxylic acids is 14. The van der Waals surface area contributed by atoms with Gasteiger partial charge in [0.15, 0.2) is 0 Å². The van der Waals surface area contributed by atoms with Crippen LogP contribution in [0, 0.1) is 0 Å². The van der Waals surface area contributed by atoms with Gasteiger partial charge in [-0.1, -0.05) is 131 Å². The first-order valence-corrected chi connectivity index (χ1v) is 39.8. The number of carboxylic acid groups (broad SMARTS) is 1. The summed E-state index contributed by atoms with van der Waals surface area (Å²) in [7, 11) is 1.49. The van der Waals surface area contributed by atoms with Crippen LogP contribution in [0.4, 0.5) is 0 Å². The number of aromatic amines is 1. The average molecular weight is 1640 g/mol. The number of carboxylic acids is 1. The minimum absolute atomic E-state index is 0.104. The molecule has 2 unspecified atom stereocenters. The van der Waals surface area contributed by atoms with Gasteiger partial charge >= 0.3 is 5.97 Å². The molecule has 2 heterocycles. The predicted octanol–water partition coefficient (Wildman–Crippen LogP) is -4.91. The van der Waals surface area contributed by atoms with Crippen LogP contribution in [0.3, 0.4) is 0 Å². The summed E-state index contributed by atoms with van der Waals surface area (Å²) >= 11 is 0. The second kappa shape index (κ2) is 47.6. The fourth-order valence-electron chi connectivity index (χ4n) is 11.9. The van der Waals surface area contributed by atoms with Crippen LogP contribution in [0.25, 0.3) is 10.9 Å². The van der Waals surface area contributed by atoms with E-state index in [0.29, 0.717) is 39.6 Å². The van der Waals surface area contributed by atoms with E-state index in [-0.39, 0.29) is 70.9 Å². The van der Waals surface area contributed by atoms with E-state index in [4.69, 9.17) is 22.9 Å². The molecule has 1 aliphatic heterocycles. The van der Waals surface area contributed by atoms with E-state index in [0.717, 1.165) is 35.4 Å². The van der Waals surface area contributed by atoms with Crippen molar-refractivity contribution in [2.75, 3.05) is 37.7 Å². The van der Waals surface area contributed by atoms with Crippen LogP contribution in [0.2, 0.25) is 0 Å². The van der Waals surface area contributed by atoms with Crippen molar-refractivity contribution < 1.29 is 92.3 Å². The normalized spacial score (nSPS) is 23.7. The second-order valence-corrected chi connectivity index (χ2v) is 30.1. The Morgan fingerprint density at radius 3 is 1.30 bits per heavy atom. The number of aliphatic hydroxyl groups excluding tert-OH is 3. The van der Waals surface area contributed by atoms with Crippen LogP contribution in [0.15, 0.2) is 121 Å². The molecule has 4 aromatic carbocycles. The summed E-state index contributed by atoms with van der Waals surface area (Å²) in [5.74, 6) is -17.7. The Kier molecular flexibility index (Phi) is 38.4. The lowest BCUT2D eigenvalue weighted by atomic mass is 10.00. The van der Waals surface area contributed by atoms with Gasteiger partial charge in [-0.25, -0.2) is 4.79 Å². The third kappa shape index (κ3) is 30.7. The van der Waals surface area contributed by atoms with Gasteiger partial charge in [-0.15, -0.1) is 0 Å². The number of fused-ring (bicyclic) bond motifs is 1. The first-order chi connectivity index (χ1) is 54.9. The van der Waals surface area contributed by atoms with Gasteiger partial charge in [-0.2, -0.15) is 0 Å². The lowest BCUT2D eigenvalue weighted by molar-refractivity contribution is -0.142. The first kappa shape index (κ1) is 92.8. The molecule has 0 spiro atoms. The maximum Gasteiger partial charge on any atom is 0.327 e. The zero-order valence-electron chi connectivity index (χ0n) is 63.8. The molecule has 0 radical (unpaired) electrons. The molecule has 5 aromatic rings. The van der Waals surface area contributed by atoms with Gasteiger partial charge in [-0.05, 0) is 101 Å². The van der Waals surface area contributed by atoms with E-state index in [1.807, 2.05) is 0 Å². The Hall–Kier alpha value is -11.1. The monoisotopic (exact) mass is 1640 g/mol. The SMILES string of the molecule is C[C@H](N)C(=O)NCC(=O)N[C@H]1CSSC[C@@H](C(=O)O)NC(=O)[C@@H](CO)NC(=O)C([C@@H](C)O)NC(=O)[C@H](Cc2ccccc2)NC(=O)C([C@@H](C)O)NC(=O)[C@H](CCCCN)NC(=O)[C@H](Cc2c[nH]c3ccccc23)NC(=O)[C@H](Cc2ccccc2)NC(=O)[C@H](Cc2ccccc2)NC(=O)[C@H](CC(N)=O)NC(=O)[C@H](CCCCN)NC1=O. The molecule has 1 aliphatic rings. The average Bonchev–Trinajstić information content (AvgIpc) is 1.71.